The van der Waals surface area contributed by atoms with Crippen molar-refractivity contribution in [1.29, 1.82) is 0 Å². The van der Waals surface area contributed by atoms with Crippen LogP contribution in [0, 0.1) is 0 Å². The van der Waals surface area contributed by atoms with Gasteiger partial charge in [-0.25, -0.2) is 4.79 Å². The zero-order valence-corrected chi connectivity index (χ0v) is 15.3. The van der Waals surface area contributed by atoms with E-state index in [2.05, 4.69) is 0 Å². The summed E-state index contributed by atoms with van der Waals surface area (Å²) >= 11 is 0. The predicted octanol–water partition coefficient (Wildman–Crippen LogP) is 3.85. The van der Waals surface area contributed by atoms with E-state index in [1.165, 1.54) is 6.08 Å². The number of Topliss-reactive ketones (excluding diaryl/α,β-unsaturated/α-hetero) is 1. The molecule has 5 nitrogen and oxygen atoms in total. The summed E-state index contributed by atoms with van der Waals surface area (Å²) in [5.74, 6) is 0.566. The molecule has 0 aliphatic carbocycles. The highest BCUT2D eigenvalue weighted by Crippen LogP contribution is 2.30. The summed E-state index contributed by atoms with van der Waals surface area (Å²) < 4.78 is 16.2. The Hall–Kier alpha value is -3.08. The fourth-order valence-electron chi connectivity index (χ4n) is 2.64. The second-order valence-corrected chi connectivity index (χ2v) is 6.17. The molecule has 1 heterocycles. The van der Waals surface area contributed by atoms with Crippen molar-refractivity contribution in [2.75, 3.05) is 19.8 Å². The van der Waals surface area contributed by atoms with Gasteiger partial charge < -0.3 is 14.2 Å². The van der Waals surface area contributed by atoms with Gasteiger partial charge >= 0.3 is 5.97 Å². The van der Waals surface area contributed by atoms with Gasteiger partial charge in [-0.15, -0.1) is 0 Å². The molecule has 0 fully saturated rings. The van der Waals surface area contributed by atoms with Crippen LogP contribution >= 0.6 is 0 Å². The van der Waals surface area contributed by atoms with Crippen molar-refractivity contribution >= 4 is 17.8 Å². The van der Waals surface area contributed by atoms with Crippen molar-refractivity contribution in [2.24, 2.45) is 0 Å². The number of ether oxygens (including phenoxy) is 3. The molecule has 27 heavy (non-hydrogen) atoms. The van der Waals surface area contributed by atoms with Crippen LogP contribution in [-0.2, 0) is 16.0 Å². The minimum atomic E-state index is -0.569. The van der Waals surface area contributed by atoms with Crippen molar-refractivity contribution in [3.05, 3.63) is 65.2 Å². The largest absolute Gasteiger partial charge is 0.490 e. The first-order valence-electron chi connectivity index (χ1n) is 9.02. The Bertz CT molecular complexity index is 836. The molecule has 0 radical (unpaired) electrons. The lowest BCUT2D eigenvalue weighted by molar-refractivity contribution is -0.136. The summed E-state index contributed by atoms with van der Waals surface area (Å²) in [5, 5.41) is 0. The van der Waals surface area contributed by atoms with Gasteiger partial charge in [-0.05, 0) is 35.8 Å². The van der Waals surface area contributed by atoms with Gasteiger partial charge in [-0.3, -0.25) is 4.79 Å². The summed E-state index contributed by atoms with van der Waals surface area (Å²) in [6.07, 6.45) is 4.67. The van der Waals surface area contributed by atoms with Gasteiger partial charge in [0, 0.05) is 18.1 Å². The molecule has 5 heteroatoms. The van der Waals surface area contributed by atoms with E-state index >= 15 is 0 Å². The van der Waals surface area contributed by atoms with Crippen molar-refractivity contribution in [2.45, 2.75) is 19.8 Å². The molecule has 0 spiro atoms. The fraction of sp³-hybridized carbons (Fsp3) is 0.273. The SMILES string of the molecule is CCc1ccc(C(=O)COC(=O)/C=C/c2ccc3c(c2)OCCCO3)cc1. The number of carbonyl (C=O) groups is 2. The normalized spacial score (nSPS) is 13.2. The Morgan fingerprint density at radius 1 is 1.04 bits per heavy atom. The van der Waals surface area contributed by atoms with Crippen molar-refractivity contribution < 1.29 is 23.8 Å². The lowest BCUT2D eigenvalue weighted by atomic mass is 10.1. The Labute approximate surface area is 158 Å². The number of ketones is 1. The van der Waals surface area contributed by atoms with E-state index in [4.69, 9.17) is 14.2 Å². The van der Waals surface area contributed by atoms with Gasteiger partial charge in [-0.2, -0.15) is 0 Å². The molecule has 0 unspecified atom stereocenters. The second kappa shape index (κ2) is 9.03. The number of hydrogen-bond acceptors (Lipinski definition) is 5. The van der Waals surface area contributed by atoms with Crippen LogP contribution in [0.15, 0.2) is 48.5 Å². The van der Waals surface area contributed by atoms with Crippen LogP contribution in [0.5, 0.6) is 11.5 Å². The van der Waals surface area contributed by atoms with Gasteiger partial charge in [0.15, 0.2) is 23.9 Å². The zero-order valence-electron chi connectivity index (χ0n) is 15.3. The number of esters is 1. The monoisotopic (exact) mass is 366 g/mol. The molecule has 1 aliphatic heterocycles. The molecule has 0 amide bonds. The van der Waals surface area contributed by atoms with E-state index in [-0.39, 0.29) is 12.4 Å². The smallest absolute Gasteiger partial charge is 0.331 e. The molecular formula is C22H22O5. The Balaban J connectivity index is 1.54. The van der Waals surface area contributed by atoms with Crippen LogP contribution in [0.4, 0.5) is 0 Å². The third-order valence-electron chi connectivity index (χ3n) is 4.21. The Morgan fingerprint density at radius 3 is 2.52 bits per heavy atom. The van der Waals surface area contributed by atoms with Crippen molar-refractivity contribution in [3.8, 4) is 11.5 Å². The van der Waals surface area contributed by atoms with Crippen molar-refractivity contribution in [1.82, 2.24) is 0 Å². The maximum atomic E-state index is 12.1. The molecule has 140 valence electrons. The number of rotatable bonds is 6. The zero-order chi connectivity index (χ0) is 19.1. The third kappa shape index (κ3) is 5.20. The van der Waals surface area contributed by atoms with Gasteiger partial charge in [0.25, 0.3) is 0 Å². The molecule has 0 aromatic heterocycles. The standard InChI is InChI=1S/C22H22O5/c1-2-16-4-8-18(9-5-16)19(23)15-27-22(24)11-7-17-6-10-20-21(14-17)26-13-3-12-25-20/h4-11,14H,2-3,12-13,15H2,1H3/b11-7+. The van der Waals surface area contributed by atoms with E-state index in [0.29, 0.717) is 30.3 Å². The van der Waals surface area contributed by atoms with Gasteiger partial charge in [-0.1, -0.05) is 37.3 Å². The second-order valence-electron chi connectivity index (χ2n) is 6.17. The maximum absolute atomic E-state index is 12.1. The predicted molar refractivity (Wildman–Crippen MR) is 102 cm³/mol. The van der Waals surface area contributed by atoms with Crippen LogP contribution in [-0.4, -0.2) is 31.6 Å². The molecule has 1 aliphatic rings. The highest BCUT2D eigenvalue weighted by Gasteiger charge is 2.11. The van der Waals surface area contributed by atoms with Crippen LogP contribution in [0.3, 0.4) is 0 Å². The lowest BCUT2D eigenvalue weighted by Crippen LogP contribution is -2.12. The highest BCUT2D eigenvalue weighted by atomic mass is 16.5. The van der Waals surface area contributed by atoms with E-state index in [9.17, 15) is 9.59 Å². The molecule has 3 rings (SSSR count). The van der Waals surface area contributed by atoms with Crippen LogP contribution in [0.1, 0.15) is 34.8 Å². The third-order valence-corrected chi connectivity index (χ3v) is 4.21. The highest BCUT2D eigenvalue weighted by molar-refractivity contribution is 5.98. The van der Waals surface area contributed by atoms with E-state index in [0.717, 1.165) is 24.0 Å². The lowest BCUT2D eigenvalue weighted by Gasteiger charge is -2.07. The molecule has 0 saturated heterocycles. The van der Waals surface area contributed by atoms with Crippen LogP contribution in [0.2, 0.25) is 0 Å². The number of aryl methyl sites for hydroxylation is 1. The molecule has 0 N–H and O–H groups in total. The first kappa shape index (κ1) is 18.7. The average Bonchev–Trinajstić information content (AvgIpc) is 2.95. The summed E-state index contributed by atoms with van der Waals surface area (Å²) in [5.41, 5.74) is 2.48. The molecular weight excluding hydrogens is 344 g/mol. The Morgan fingerprint density at radius 2 is 1.78 bits per heavy atom. The average molecular weight is 366 g/mol. The number of benzene rings is 2. The van der Waals surface area contributed by atoms with Crippen molar-refractivity contribution in [3.63, 3.8) is 0 Å². The van der Waals surface area contributed by atoms with Gasteiger partial charge in [0.2, 0.25) is 0 Å². The molecule has 0 bridgehead atoms. The first-order valence-corrected chi connectivity index (χ1v) is 9.02. The van der Waals surface area contributed by atoms with Gasteiger partial charge in [0.05, 0.1) is 13.2 Å². The van der Waals surface area contributed by atoms with Crippen LogP contribution in [0.25, 0.3) is 6.08 Å². The molecule has 2 aromatic carbocycles. The Kier molecular flexibility index (Phi) is 6.26. The minimum absolute atomic E-state index is 0.227. The molecule has 0 atom stereocenters. The van der Waals surface area contributed by atoms with E-state index in [1.54, 1.807) is 18.2 Å². The number of hydrogen-bond donors (Lipinski definition) is 0. The first-order chi connectivity index (χ1) is 13.2. The molecule has 0 saturated carbocycles. The van der Waals surface area contributed by atoms with Crippen LogP contribution < -0.4 is 9.47 Å². The topological polar surface area (TPSA) is 61.8 Å². The quantitative estimate of drug-likeness (QED) is 0.441. The molecule has 2 aromatic rings. The number of carbonyl (C=O) groups excluding carboxylic acids is 2. The van der Waals surface area contributed by atoms with E-state index in [1.807, 2.05) is 37.3 Å². The van der Waals surface area contributed by atoms with E-state index < -0.39 is 5.97 Å². The fourth-order valence-corrected chi connectivity index (χ4v) is 2.64. The summed E-state index contributed by atoms with van der Waals surface area (Å²) in [4.78, 5) is 24.0. The minimum Gasteiger partial charge on any atom is -0.490 e. The van der Waals surface area contributed by atoms with Gasteiger partial charge in [0.1, 0.15) is 0 Å². The summed E-state index contributed by atoms with van der Waals surface area (Å²) in [6.45, 7) is 3.00. The number of fused-ring (bicyclic) bond motifs is 1. The summed E-state index contributed by atoms with van der Waals surface area (Å²) in [6, 6.07) is 12.8. The maximum Gasteiger partial charge on any atom is 0.331 e. The summed E-state index contributed by atoms with van der Waals surface area (Å²) in [7, 11) is 0.